The molecule has 0 aliphatic carbocycles. The largest absolute Gasteiger partial charge is 0.493 e. The Kier molecular flexibility index (Phi) is 6.46. The number of nitriles is 1. The van der Waals surface area contributed by atoms with E-state index in [4.69, 9.17) is 9.47 Å². The lowest BCUT2D eigenvalue weighted by Crippen LogP contribution is -2.38. The van der Waals surface area contributed by atoms with Crippen molar-refractivity contribution < 1.29 is 14.3 Å². The molecule has 8 nitrogen and oxygen atoms in total. The zero-order valence-electron chi connectivity index (χ0n) is 19.9. The summed E-state index contributed by atoms with van der Waals surface area (Å²) in [4.78, 5) is 31.0. The number of anilines is 1. The summed E-state index contributed by atoms with van der Waals surface area (Å²) >= 11 is 0. The minimum absolute atomic E-state index is 0.0344. The van der Waals surface area contributed by atoms with E-state index in [0.29, 0.717) is 59.5 Å². The second-order valence-corrected chi connectivity index (χ2v) is 8.58. The van der Waals surface area contributed by atoms with Crippen molar-refractivity contribution in [2.75, 3.05) is 46.3 Å². The fourth-order valence-corrected chi connectivity index (χ4v) is 4.33. The maximum Gasteiger partial charge on any atom is 0.263 e. The minimum atomic E-state index is -0.258. The molecule has 1 saturated heterocycles. The molecule has 0 N–H and O–H groups in total. The third kappa shape index (κ3) is 4.17. The second-order valence-electron chi connectivity index (χ2n) is 8.58. The molecule has 1 aliphatic rings. The third-order valence-electron chi connectivity index (χ3n) is 6.34. The topological polar surface area (TPSA) is 87.8 Å². The summed E-state index contributed by atoms with van der Waals surface area (Å²) in [5.74, 6) is 0.651. The van der Waals surface area contributed by atoms with Gasteiger partial charge in [0.1, 0.15) is 0 Å². The number of ether oxygens (including phenoxy) is 2. The van der Waals surface area contributed by atoms with Crippen LogP contribution in [0.25, 0.3) is 16.5 Å². The van der Waals surface area contributed by atoms with E-state index in [-0.39, 0.29) is 17.4 Å². The number of pyridine rings is 1. The number of amides is 1. The first-order valence-electron chi connectivity index (χ1n) is 11.2. The van der Waals surface area contributed by atoms with Gasteiger partial charge in [-0.3, -0.25) is 14.2 Å². The Hall–Kier alpha value is -3.99. The van der Waals surface area contributed by atoms with Crippen LogP contribution in [0.2, 0.25) is 0 Å². The van der Waals surface area contributed by atoms with E-state index in [1.54, 1.807) is 23.2 Å². The number of hydrogen-bond donors (Lipinski definition) is 0. The number of piperidine rings is 1. The van der Waals surface area contributed by atoms with E-state index in [9.17, 15) is 14.9 Å². The lowest BCUT2D eigenvalue weighted by Gasteiger charge is -2.29. The van der Waals surface area contributed by atoms with E-state index in [1.807, 2.05) is 43.3 Å². The van der Waals surface area contributed by atoms with Gasteiger partial charge >= 0.3 is 0 Å². The zero-order valence-corrected chi connectivity index (χ0v) is 19.9. The number of aromatic nitrogens is 1. The molecule has 0 radical (unpaired) electrons. The summed E-state index contributed by atoms with van der Waals surface area (Å²) in [6, 6.07) is 13.2. The fraction of sp³-hybridized carbons (Fsp3) is 0.346. The van der Waals surface area contributed by atoms with Gasteiger partial charge < -0.3 is 19.3 Å². The summed E-state index contributed by atoms with van der Waals surface area (Å²) in [6.07, 6.45) is 2.90. The molecule has 34 heavy (non-hydrogen) atoms. The third-order valence-corrected chi connectivity index (χ3v) is 6.34. The van der Waals surface area contributed by atoms with Crippen molar-refractivity contribution in [1.82, 2.24) is 9.47 Å². The van der Waals surface area contributed by atoms with Crippen molar-refractivity contribution in [3.63, 3.8) is 0 Å². The maximum absolute atomic E-state index is 13.7. The number of fused-ring (bicyclic) bond motifs is 1. The molecule has 1 amide bonds. The average Bonchev–Trinajstić information content (AvgIpc) is 2.88. The Morgan fingerprint density at radius 3 is 2.29 bits per heavy atom. The zero-order chi connectivity index (χ0) is 24.4. The van der Waals surface area contributed by atoms with Crippen LogP contribution in [0.3, 0.4) is 0 Å². The van der Waals surface area contributed by atoms with Crippen molar-refractivity contribution in [3.05, 3.63) is 58.5 Å². The van der Waals surface area contributed by atoms with E-state index < -0.39 is 0 Å². The van der Waals surface area contributed by atoms with Crippen LogP contribution in [-0.2, 0) is 0 Å². The molecule has 1 aliphatic heterocycles. The average molecular weight is 461 g/mol. The Morgan fingerprint density at radius 1 is 1.06 bits per heavy atom. The molecule has 1 fully saturated rings. The maximum atomic E-state index is 13.7. The molecular formula is C26H28N4O4. The molecule has 4 rings (SSSR count). The summed E-state index contributed by atoms with van der Waals surface area (Å²) in [5, 5.41) is 10.1. The molecule has 0 bridgehead atoms. The molecular weight excluding hydrogens is 432 g/mol. The Balaban J connectivity index is 1.93. The van der Waals surface area contributed by atoms with Crippen molar-refractivity contribution in [2.24, 2.45) is 5.92 Å². The number of methoxy groups -OCH3 is 2. The van der Waals surface area contributed by atoms with Gasteiger partial charge in [0.2, 0.25) is 0 Å². The van der Waals surface area contributed by atoms with Crippen molar-refractivity contribution in [3.8, 4) is 23.3 Å². The first-order valence-corrected chi connectivity index (χ1v) is 11.2. The number of hydrogen-bond acceptors (Lipinski definition) is 6. The van der Waals surface area contributed by atoms with Crippen LogP contribution < -0.4 is 19.9 Å². The molecule has 2 aromatic carbocycles. The smallest absolute Gasteiger partial charge is 0.263 e. The highest BCUT2D eigenvalue weighted by atomic mass is 16.5. The highest BCUT2D eigenvalue weighted by Gasteiger charge is 2.26. The predicted octanol–water partition coefficient (Wildman–Crippen LogP) is 3.45. The number of carbonyl (C=O) groups is 1. The molecule has 2 heterocycles. The molecule has 0 atom stereocenters. The number of rotatable bonds is 5. The van der Waals surface area contributed by atoms with Gasteiger partial charge in [0.05, 0.1) is 36.9 Å². The van der Waals surface area contributed by atoms with Crippen molar-refractivity contribution in [2.45, 2.75) is 12.8 Å². The number of likely N-dealkylation sites (tertiary alicyclic amines) is 1. The van der Waals surface area contributed by atoms with Gasteiger partial charge in [-0.2, -0.15) is 5.26 Å². The van der Waals surface area contributed by atoms with Crippen molar-refractivity contribution >= 4 is 22.4 Å². The normalized spacial score (nSPS) is 14.0. The molecule has 3 aromatic rings. The van der Waals surface area contributed by atoms with Crippen LogP contribution in [0, 0.1) is 17.2 Å². The fourth-order valence-electron chi connectivity index (χ4n) is 4.33. The predicted molar refractivity (Wildman–Crippen MR) is 131 cm³/mol. The lowest BCUT2D eigenvalue weighted by molar-refractivity contribution is 0.0708. The highest BCUT2D eigenvalue weighted by molar-refractivity contribution is 6.07. The van der Waals surface area contributed by atoms with E-state index in [0.717, 1.165) is 5.69 Å². The summed E-state index contributed by atoms with van der Waals surface area (Å²) < 4.78 is 12.4. The summed E-state index contributed by atoms with van der Waals surface area (Å²) in [7, 11) is 6.89. The Labute approximate surface area is 198 Å². The quantitative estimate of drug-likeness (QED) is 0.580. The molecule has 176 valence electrons. The van der Waals surface area contributed by atoms with Gasteiger partial charge in [-0.05, 0) is 43.2 Å². The minimum Gasteiger partial charge on any atom is -0.493 e. The number of benzene rings is 2. The monoisotopic (exact) mass is 460 g/mol. The van der Waals surface area contributed by atoms with Crippen LogP contribution >= 0.6 is 0 Å². The number of carbonyl (C=O) groups excluding carboxylic acids is 1. The SMILES string of the molecule is COc1cc2c(C(=O)N3CCC(C#N)CC3)cn(-c3cccc(N(C)C)c3)c(=O)c2cc1OC. The van der Waals surface area contributed by atoms with Gasteiger partial charge in [0.25, 0.3) is 11.5 Å². The van der Waals surface area contributed by atoms with E-state index >= 15 is 0 Å². The Morgan fingerprint density at radius 2 is 1.71 bits per heavy atom. The first kappa shape index (κ1) is 23.2. The standard InChI is InChI=1S/C26H28N4O4/c1-28(2)18-6-5-7-19(12-18)30-16-22(25(31)29-10-8-17(15-27)9-11-29)20-13-23(33-3)24(34-4)14-21(20)26(30)32/h5-7,12-14,16-17H,8-11H2,1-4H3. The van der Waals surface area contributed by atoms with Gasteiger partial charge in [-0.15, -0.1) is 0 Å². The van der Waals surface area contributed by atoms with E-state index in [1.165, 1.54) is 18.8 Å². The van der Waals surface area contributed by atoms with Crippen LogP contribution in [0.1, 0.15) is 23.2 Å². The molecule has 0 spiro atoms. The van der Waals surface area contributed by atoms with Gasteiger partial charge in [-0.25, -0.2) is 0 Å². The summed E-state index contributed by atoms with van der Waals surface area (Å²) in [6.45, 7) is 1.00. The lowest BCUT2D eigenvalue weighted by atomic mass is 9.97. The number of nitrogens with zero attached hydrogens (tertiary/aromatic N) is 4. The van der Waals surface area contributed by atoms with Crippen LogP contribution in [0.5, 0.6) is 11.5 Å². The van der Waals surface area contributed by atoms with Gasteiger partial charge in [-0.1, -0.05) is 6.07 Å². The molecule has 0 saturated carbocycles. The van der Waals surface area contributed by atoms with Crippen LogP contribution in [0.15, 0.2) is 47.4 Å². The van der Waals surface area contributed by atoms with Gasteiger partial charge in [0.15, 0.2) is 11.5 Å². The molecule has 0 unspecified atom stereocenters. The van der Waals surface area contributed by atoms with Crippen LogP contribution in [0.4, 0.5) is 5.69 Å². The van der Waals surface area contributed by atoms with Gasteiger partial charge in [0, 0.05) is 50.4 Å². The van der Waals surface area contributed by atoms with E-state index in [2.05, 4.69) is 6.07 Å². The highest BCUT2D eigenvalue weighted by Crippen LogP contribution is 2.33. The van der Waals surface area contributed by atoms with Crippen LogP contribution in [-0.4, -0.2) is 56.8 Å². The Bertz CT molecular complexity index is 1330. The van der Waals surface area contributed by atoms with Crippen molar-refractivity contribution in [1.29, 1.82) is 5.26 Å². The second kappa shape index (κ2) is 9.48. The molecule has 8 heteroatoms. The summed E-state index contributed by atoms with van der Waals surface area (Å²) in [5.41, 5.74) is 1.74. The first-order chi connectivity index (χ1) is 16.4. The molecule has 1 aromatic heterocycles.